The smallest absolute Gasteiger partial charge is 0.226 e. The van der Waals surface area contributed by atoms with Crippen molar-refractivity contribution in [3.63, 3.8) is 0 Å². The minimum atomic E-state index is -0.862. The van der Waals surface area contributed by atoms with Crippen molar-refractivity contribution in [1.29, 1.82) is 0 Å². The third kappa shape index (κ3) is 4.79. The van der Waals surface area contributed by atoms with Crippen LogP contribution in [0, 0.1) is 25.5 Å². The molecule has 0 atom stereocenters. The van der Waals surface area contributed by atoms with E-state index in [2.05, 4.69) is 5.32 Å². The van der Waals surface area contributed by atoms with E-state index in [4.69, 9.17) is 11.6 Å². The zero-order valence-corrected chi connectivity index (χ0v) is 15.5. The number of rotatable bonds is 5. The summed E-state index contributed by atoms with van der Waals surface area (Å²) in [5.74, 6) is -2.35. The molecule has 2 amide bonds. The van der Waals surface area contributed by atoms with E-state index in [1.54, 1.807) is 6.07 Å². The van der Waals surface area contributed by atoms with E-state index < -0.39 is 17.5 Å². The van der Waals surface area contributed by atoms with E-state index in [-0.39, 0.29) is 24.6 Å². The molecule has 0 aliphatic rings. The molecule has 0 aromatic heterocycles. The van der Waals surface area contributed by atoms with Gasteiger partial charge in [0.2, 0.25) is 11.8 Å². The van der Waals surface area contributed by atoms with Crippen LogP contribution < -0.4 is 10.2 Å². The Labute approximate surface area is 155 Å². The van der Waals surface area contributed by atoms with Crippen LogP contribution in [0.5, 0.6) is 0 Å². The number of carbonyl (C=O) groups is 2. The van der Waals surface area contributed by atoms with Gasteiger partial charge in [0, 0.05) is 26.0 Å². The SMILES string of the molecule is CC(=O)N(CCC(=O)Nc1ccc(F)cc1F)c1c(C)cc(C)cc1Cl. The van der Waals surface area contributed by atoms with Crippen LogP contribution in [0.4, 0.5) is 20.2 Å². The second-order valence-electron chi connectivity index (χ2n) is 6.01. The van der Waals surface area contributed by atoms with Crippen LogP contribution in [0.25, 0.3) is 0 Å². The summed E-state index contributed by atoms with van der Waals surface area (Å²) in [6.45, 7) is 5.18. The van der Waals surface area contributed by atoms with Crippen LogP contribution in [-0.4, -0.2) is 18.4 Å². The van der Waals surface area contributed by atoms with Crippen molar-refractivity contribution in [1.82, 2.24) is 0 Å². The second kappa shape index (κ2) is 8.27. The van der Waals surface area contributed by atoms with Crippen LogP contribution in [0.1, 0.15) is 24.5 Å². The summed E-state index contributed by atoms with van der Waals surface area (Å²) >= 11 is 6.27. The fraction of sp³-hybridized carbons (Fsp3) is 0.263. The van der Waals surface area contributed by atoms with Crippen LogP contribution >= 0.6 is 11.6 Å². The molecule has 7 heteroatoms. The average Bonchev–Trinajstić information content (AvgIpc) is 2.52. The van der Waals surface area contributed by atoms with Gasteiger partial charge in [0.05, 0.1) is 16.4 Å². The molecule has 26 heavy (non-hydrogen) atoms. The normalized spacial score (nSPS) is 10.5. The zero-order chi connectivity index (χ0) is 19.4. The van der Waals surface area contributed by atoms with Gasteiger partial charge in [-0.15, -0.1) is 0 Å². The number of aryl methyl sites for hydroxylation is 2. The van der Waals surface area contributed by atoms with Crippen molar-refractivity contribution in [2.45, 2.75) is 27.2 Å². The van der Waals surface area contributed by atoms with Gasteiger partial charge in [0.25, 0.3) is 0 Å². The standard InChI is InChI=1S/C19H19ClF2N2O2/c1-11-8-12(2)19(15(20)9-11)24(13(3)25)7-6-18(26)23-17-5-4-14(21)10-16(17)22/h4-5,8-10H,6-7H2,1-3H3,(H,23,26). The maximum absolute atomic E-state index is 13.6. The number of nitrogens with zero attached hydrogens (tertiary/aromatic N) is 1. The first-order chi connectivity index (χ1) is 12.2. The van der Waals surface area contributed by atoms with E-state index in [1.165, 1.54) is 11.8 Å². The van der Waals surface area contributed by atoms with Crippen molar-refractivity contribution in [3.05, 3.63) is 58.1 Å². The van der Waals surface area contributed by atoms with Gasteiger partial charge in [-0.25, -0.2) is 8.78 Å². The lowest BCUT2D eigenvalue weighted by Crippen LogP contribution is -2.32. The highest BCUT2D eigenvalue weighted by atomic mass is 35.5. The lowest BCUT2D eigenvalue weighted by Gasteiger charge is -2.24. The third-order valence-electron chi connectivity index (χ3n) is 3.82. The number of benzene rings is 2. The first-order valence-corrected chi connectivity index (χ1v) is 8.36. The van der Waals surface area contributed by atoms with Gasteiger partial charge in [-0.3, -0.25) is 9.59 Å². The molecule has 1 N–H and O–H groups in total. The first kappa shape index (κ1) is 19.8. The number of nitrogens with one attached hydrogen (secondary N) is 1. The van der Waals surface area contributed by atoms with Crippen molar-refractivity contribution in [2.75, 3.05) is 16.8 Å². The number of anilines is 2. The molecule has 2 rings (SSSR count). The summed E-state index contributed by atoms with van der Waals surface area (Å²) in [7, 11) is 0. The highest BCUT2D eigenvalue weighted by molar-refractivity contribution is 6.34. The predicted octanol–water partition coefficient (Wildman–Crippen LogP) is 4.62. The number of amides is 2. The molecule has 0 spiro atoms. The third-order valence-corrected chi connectivity index (χ3v) is 4.10. The Morgan fingerprint density at radius 1 is 1.15 bits per heavy atom. The van der Waals surface area contributed by atoms with Gasteiger partial charge in [0.15, 0.2) is 0 Å². The molecule has 138 valence electrons. The largest absolute Gasteiger partial charge is 0.324 e. The lowest BCUT2D eigenvalue weighted by molar-refractivity contribution is -0.117. The maximum Gasteiger partial charge on any atom is 0.226 e. The van der Waals surface area contributed by atoms with Crippen LogP contribution in [0.3, 0.4) is 0 Å². The van der Waals surface area contributed by atoms with E-state index in [0.29, 0.717) is 16.8 Å². The molecule has 4 nitrogen and oxygen atoms in total. The summed E-state index contributed by atoms with van der Waals surface area (Å²) in [5.41, 5.74) is 2.21. The Balaban J connectivity index is 2.12. The van der Waals surface area contributed by atoms with Crippen molar-refractivity contribution >= 4 is 34.8 Å². The molecule has 0 heterocycles. The van der Waals surface area contributed by atoms with E-state index in [1.807, 2.05) is 19.9 Å². The molecule has 0 aliphatic heterocycles. The van der Waals surface area contributed by atoms with E-state index >= 15 is 0 Å². The summed E-state index contributed by atoms with van der Waals surface area (Å²) in [5, 5.41) is 2.79. The monoisotopic (exact) mass is 380 g/mol. The van der Waals surface area contributed by atoms with Gasteiger partial charge in [-0.1, -0.05) is 17.7 Å². The summed E-state index contributed by atoms with van der Waals surface area (Å²) in [6, 6.07) is 6.52. The second-order valence-corrected chi connectivity index (χ2v) is 6.41. The molecule has 2 aromatic carbocycles. The Hall–Kier alpha value is -2.47. The highest BCUT2D eigenvalue weighted by Gasteiger charge is 2.19. The quantitative estimate of drug-likeness (QED) is 0.823. The van der Waals surface area contributed by atoms with Gasteiger partial charge in [0.1, 0.15) is 11.6 Å². The van der Waals surface area contributed by atoms with Gasteiger partial charge >= 0.3 is 0 Å². The van der Waals surface area contributed by atoms with Crippen molar-refractivity contribution < 1.29 is 18.4 Å². The number of hydrogen-bond acceptors (Lipinski definition) is 2. The van der Waals surface area contributed by atoms with Gasteiger partial charge in [-0.2, -0.15) is 0 Å². The maximum atomic E-state index is 13.6. The minimum Gasteiger partial charge on any atom is -0.324 e. The number of carbonyl (C=O) groups excluding carboxylic acids is 2. The summed E-state index contributed by atoms with van der Waals surface area (Å²) < 4.78 is 26.5. The topological polar surface area (TPSA) is 49.4 Å². The molecule has 0 aliphatic carbocycles. The zero-order valence-electron chi connectivity index (χ0n) is 14.7. The molecular weight excluding hydrogens is 362 g/mol. The summed E-state index contributed by atoms with van der Waals surface area (Å²) in [6.07, 6.45) is -0.0694. The summed E-state index contributed by atoms with van der Waals surface area (Å²) in [4.78, 5) is 25.5. The Kier molecular flexibility index (Phi) is 6.32. The van der Waals surface area contributed by atoms with Crippen molar-refractivity contribution in [3.8, 4) is 0 Å². The Morgan fingerprint density at radius 2 is 1.85 bits per heavy atom. The van der Waals surface area contributed by atoms with Crippen LogP contribution in [0.15, 0.2) is 30.3 Å². The molecule has 0 radical (unpaired) electrons. The minimum absolute atomic E-state index is 0.0694. The predicted molar refractivity (Wildman–Crippen MR) is 98.6 cm³/mol. The number of hydrogen-bond donors (Lipinski definition) is 1. The Bertz CT molecular complexity index is 832. The van der Waals surface area contributed by atoms with Gasteiger partial charge in [-0.05, 0) is 43.2 Å². The Morgan fingerprint density at radius 3 is 2.42 bits per heavy atom. The fourth-order valence-corrected chi connectivity index (χ4v) is 3.12. The highest BCUT2D eigenvalue weighted by Crippen LogP contribution is 2.31. The van der Waals surface area contributed by atoms with Crippen LogP contribution in [0.2, 0.25) is 5.02 Å². The average molecular weight is 381 g/mol. The fourth-order valence-electron chi connectivity index (χ4n) is 2.69. The molecule has 0 saturated heterocycles. The van der Waals surface area contributed by atoms with Crippen LogP contribution in [-0.2, 0) is 9.59 Å². The van der Waals surface area contributed by atoms with E-state index in [9.17, 15) is 18.4 Å². The molecule has 0 bridgehead atoms. The molecule has 0 saturated carbocycles. The van der Waals surface area contributed by atoms with E-state index in [0.717, 1.165) is 23.3 Å². The van der Waals surface area contributed by atoms with Gasteiger partial charge < -0.3 is 10.2 Å². The lowest BCUT2D eigenvalue weighted by atomic mass is 10.1. The first-order valence-electron chi connectivity index (χ1n) is 7.98. The molecule has 0 unspecified atom stereocenters. The van der Waals surface area contributed by atoms with Crippen molar-refractivity contribution in [2.24, 2.45) is 0 Å². The molecular formula is C19H19ClF2N2O2. The molecule has 2 aromatic rings. The number of halogens is 3. The molecule has 0 fully saturated rings.